The zero-order valence-electron chi connectivity index (χ0n) is 31.0. The molecule has 2 nitrogen and oxygen atoms in total. The number of fused-ring (bicyclic) bond motifs is 6. The van der Waals surface area contributed by atoms with Gasteiger partial charge < -0.3 is 9.32 Å². The zero-order valence-corrected chi connectivity index (χ0v) is 31.8. The molecule has 11 rings (SSSR count). The molecule has 3 heteroatoms. The Morgan fingerprint density at radius 1 is 0.351 bits per heavy atom. The number of furan rings is 1. The molecule has 2 aromatic heterocycles. The van der Waals surface area contributed by atoms with Crippen LogP contribution in [0.2, 0.25) is 0 Å². The Morgan fingerprint density at radius 3 is 1.70 bits per heavy atom. The van der Waals surface area contributed by atoms with E-state index in [-0.39, 0.29) is 0 Å². The Labute approximate surface area is 335 Å². The van der Waals surface area contributed by atoms with E-state index in [1.165, 1.54) is 53.6 Å². The molecule has 0 spiro atoms. The fourth-order valence-electron chi connectivity index (χ4n) is 8.56. The number of anilines is 3. The topological polar surface area (TPSA) is 16.4 Å². The predicted molar refractivity (Wildman–Crippen MR) is 243 cm³/mol. The maximum Gasteiger partial charge on any atom is 0.136 e. The minimum absolute atomic E-state index is 0.898. The maximum absolute atomic E-state index is 6.30. The summed E-state index contributed by atoms with van der Waals surface area (Å²) in [6.07, 6.45) is 0. The van der Waals surface area contributed by atoms with Gasteiger partial charge in [-0.25, -0.2) is 0 Å². The molecule has 0 aliphatic carbocycles. The van der Waals surface area contributed by atoms with Gasteiger partial charge in [-0.15, -0.1) is 11.3 Å². The highest BCUT2D eigenvalue weighted by molar-refractivity contribution is 7.26. The number of nitrogens with zero attached hydrogens (tertiary/aromatic N) is 1. The van der Waals surface area contributed by atoms with Crippen LogP contribution in [-0.4, -0.2) is 0 Å². The van der Waals surface area contributed by atoms with Crippen LogP contribution in [0.4, 0.5) is 17.1 Å². The van der Waals surface area contributed by atoms with E-state index in [0.29, 0.717) is 0 Å². The van der Waals surface area contributed by atoms with Crippen molar-refractivity contribution < 1.29 is 4.42 Å². The van der Waals surface area contributed by atoms with Gasteiger partial charge in [-0.2, -0.15) is 0 Å². The fourth-order valence-corrected chi connectivity index (χ4v) is 9.77. The van der Waals surface area contributed by atoms with Gasteiger partial charge in [-0.05, 0) is 81.4 Å². The highest BCUT2D eigenvalue weighted by Crippen LogP contribution is 2.51. The van der Waals surface area contributed by atoms with E-state index < -0.39 is 0 Å². The Bertz CT molecular complexity index is 3230. The average Bonchev–Trinajstić information content (AvgIpc) is 3.87. The molecule has 0 N–H and O–H groups in total. The van der Waals surface area contributed by atoms with E-state index in [4.69, 9.17) is 4.42 Å². The lowest BCUT2D eigenvalue weighted by atomic mass is 9.87. The van der Waals surface area contributed by atoms with Gasteiger partial charge in [-0.1, -0.05) is 170 Å². The molecule has 0 atom stereocenters. The molecule has 0 radical (unpaired) electrons. The number of hydrogen-bond donors (Lipinski definition) is 0. The van der Waals surface area contributed by atoms with Crippen molar-refractivity contribution in [2.75, 3.05) is 4.90 Å². The first-order valence-corrected chi connectivity index (χ1v) is 20.2. The van der Waals surface area contributed by atoms with Crippen molar-refractivity contribution in [3.05, 3.63) is 212 Å². The van der Waals surface area contributed by atoms with Crippen LogP contribution < -0.4 is 4.90 Å². The summed E-state index contributed by atoms with van der Waals surface area (Å²) in [4.78, 5) is 2.48. The normalized spacial score (nSPS) is 11.5. The van der Waals surface area contributed by atoms with Gasteiger partial charge in [0.1, 0.15) is 11.2 Å². The molecular formula is C54H35NOS. The lowest BCUT2D eigenvalue weighted by Gasteiger charge is -2.30. The number of para-hydroxylation sites is 1. The Hall–Kier alpha value is -7.20. The summed E-state index contributed by atoms with van der Waals surface area (Å²) < 4.78 is 8.83. The number of rotatable bonds is 7. The van der Waals surface area contributed by atoms with Gasteiger partial charge in [0.05, 0.1) is 16.1 Å². The van der Waals surface area contributed by atoms with E-state index in [1.807, 2.05) is 23.5 Å². The summed E-state index contributed by atoms with van der Waals surface area (Å²) in [6, 6.07) is 76.5. The maximum atomic E-state index is 6.30. The largest absolute Gasteiger partial charge is 0.456 e. The van der Waals surface area contributed by atoms with E-state index in [0.717, 1.165) is 50.1 Å². The molecule has 0 aliphatic heterocycles. The van der Waals surface area contributed by atoms with Crippen LogP contribution in [-0.2, 0) is 0 Å². The van der Waals surface area contributed by atoms with Crippen LogP contribution in [0.3, 0.4) is 0 Å². The third-order valence-electron chi connectivity index (χ3n) is 11.1. The Morgan fingerprint density at radius 2 is 0.895 bits per heavy atom. The summed E-state index contributed by atoms with van der Waals surface area (Å²) in [6.45, 7) is 0. The summed E-state index contributed by atoms with van der Waals surface area (Å²) in [5.41, 5.74) is 14.5. The molecule has 0 fully saturated rings. The summed E-state index contributed by atoms with van der Waals surface area (Å²) >= 11 is 1.86. The van der Waals surface area contributed by atoms with Crippen LogP contribution >= 0.6 is 11.3 Å². The second-order valence-electron chi connectivity index (χ2n) is 14.4. The van der Waals surface area contributed by atoms with Crippen LogP contribution in [0.5, 0.6) is 0 Å². The first-order valence-electron chi connectivity index (χ1n) is 19.3. The highest BCUT2D eigenvalue weighted by atomic mass is 32.1. The van der Waals surface area contributed by atoms with Crippen molar-refractivity contribution in [3.8, 4) is 44.5 Å². The molecule has 0 amide bonds. The van der Waals surface area contributed by atoms with Gasteiger partial charge in [0.25, 0.3) is 0 Å². The summed E-state index contributed by atoms with van der Waals surface area (Å²) in [5, 5.41) is 4.81. The number of hydrogen-bond acceptors (Lipinski definition) is 3. The van der Waals surface area contributed by atoms with Crippen molar-refractivity contribution in [1.82, 2.24) is 0 Å². The molecule has 0 bridgehead atoms. The van der Waals surface area contributed by atoms with E-state index in [9.17, 15) is 0 Å². The van der Waals surface area contributed by atoms with Crippen LogP contribution in [0.25, 0.3) is 86.6 Å². The third kappa shape index (κ3) is 5.63. The fraction of sp³-hybridized carbons (Fsp3) is 0. The molecule has 9 aromatic carbocycles. The molecule has 11 aromatic rings. The lowest BCUT2D eigenvalue weighted by Crippen LogP contribution is -2.12. The Balaban J connectivity index is 1.19. The molecule has 0 aliphatic rings. The minimum Gasteiger partial charge on any atom is -0.456 e. The van der Waals surface area contributed by atoms with Crippen molar-refractivity contribution in [1.29, 1.82) is 0 Å². The van der Waals surface area contributed by atoms with Gasteiger partial charge in [0, 0.05) is 37.5 Å². The van der Waals surface area contributed by atoms with Gasteiger partial charge in [0.15, 0.2) is 0 Å². The average molecular weight is 746 g/mol. The van der Waals surface area contributed by atoms with Gasteiger partial charge in [-0.3, -0.25) is 0 Å². The van der Waals surface area contributed by atoms with Gasteiger partial charge >= 0.3 is 0 Å². The lowest BCUT2D eigenvalue weighted by molar-refractivity contribution is 0.669. The minimum atomic E-state index is 0.898. The number of benzene rings is 9. The zero-order chi connectivity index (χ0) is 37.7. The summed E-state index contributed by atoms with van der Waals surface area (Å²) in [5.74, 6) is 0. The first kappa shape index (κ1) is 33.2. The van der Waals surface area contributed by atoms with E-state index >= 15 is 0 Å². The summed E-state index contributed by atoms with van der Waals surface area (Å²) in [7, 11) is 0. The second-order valence-corrected chi connectivity index (χ2v) is 15.4. The smallest absolute Gasteiger partial charge is 0.136 e. The molecule has 2 heterocycles. The SMILES string of the molecule is c1ccc(-c2ccccc2-c2c(-c3ccccc3)cccc2N(c2ccc(-c3cccc4oc5ccccc5c34)cc2)c2cccc3c2sc2ccccc23)cc1. The van der Waals surface area contributed by atoms with Crippen molar-refractivity contribution >= 4 is 70.5 Å². The Kier molecular flexibility index (Phi) is 8.04. The standard InChI is InChI=1S/C54H35NOS/c1-3-16-36(17-4-1)40-20-7-8-22-44(40)52-41(37-18-5-2-6-19-37)24-13-27-47(52)55(48-28-14-26-45-43-21-10-12-31-51(43)57-54(45)48)39-34-32-38(33-35-39)42-25-15-30-50-53(42)46-23-9-11-29-49(46)56-50/h1-35H. The molecule has 0 saturated carbocycles. The van der Waals surface area contributed by atoms with Crippen molar-refractivity contribution in [2.45, 2.75) is 0 Å². The van der Waals surface area contributed by atoms with Crippen LogP contribution in [0, 0.1) is 0 Å². The van der Waals surface area contributed by atoms with Crippen molar-refractivity contribution in [3.63, 3.8) is 0 Å². The van der Waals surface area contributed by atoms with Crippen LogP contribution in [0.15, 0.2) is 217 Å². The molecule has 0 unspecified atom stereocenters. The highest BCUT2D eigenvalue weighted by Gasteiger charge is 2.25. The van der Waals surface area contributed by atoms with Gasteiger partial charge in [0.2, 0.25) is 0 Å². The number of thiophene rings is 1. The monoisotopic (exact) mass is 745 g/mol. The predicted octanol–water partition coefficient (Wildman–Crippen LogP) is 16.1. The molecule has 268 valence electrons. The van der Waals surface area contributed by atoms with Crippen molar-refractivity contribution in [2.24, 2.45) is 0 Å². The van der Waals surface area contributed by atoms with E-state index in [2.05, 4.69) is 205 Å². The molecule has 0 saturated heterocycles. The third-order valence-corrected chi connectivity index (χ3v) is 12.3. The molecular weight excluding hydrogens is 711 g/mol. The second kappa shape index (κ2) is 13.8. The van der Waals surface area contributed by atoms with Crippen LogP contribution in [0.1, 0.15) is 0 Å². The molecule has 57 heavy (non-hydrogen) atoms. The van der Waals surface area contributed by atoms with E-state index in [1.54, 1.807) is 0 Å². The quantitative estimate of drug-likeness (QED) is 0.162. The first-order chi connectivity index (χ1) is 28.3.